The number of nitrogens with one attached hydrogen (secondary N) is 1. The number of amides is 1. The van der Waals surface area contributed by atoms with Crippen molar-refractivity contribution in [1.29, 1.82) is 0 Å². The third kappa shape index (κ3) is 3.02. The highest BCUT2D eigenvalue weighted by atomic mass is 35.5. The van der Waals surface area contributed by atoms with Crippen molar-refractivity contribution in [2.24, 2.45) is 0 Å². The maximum atomic E-state index is 12.6. The van der Waals surface area contributed by atoms with Crippen molar-refractivity contribution in [2.45, 2.75) is 12.1 Å². The maximum Gasteiger partial charge on any atom is 0.463 e. The number of rotatable bonds is 2. The van der Waals surface area contributed by atoms with Crippen LogP contribution in [-0.2, 0) is 4.79 Å². The molecule has 0 unspecified atom stereocenters. The van der Waals surface area contributed by atoms with Gasteiger partial charge in [0.2, 0.25) is 0 Å². The van der Waals surface area contributed by atoms with Crippen molar-refractivity contribution >= 4 is 34.8 Å². The molecule has 0 saturated heterocycles. The molecule has 0 aromatic heterocycles. The van der Waals surface area contributed by atoms with Crippen molar-refractivity contribution in [3.8, 4) is 0 Å². The van der Waals surface area contributed by atoms with Crippen molar-refractivity contribution in [2.75, 3.05) is 5.32 Å². The SMILES string of the molecule is O=C(Nc1ccc(Cl)cc1Cl)C(F)(F)C(F)(F)F. The molecule has 0 spiro atoms. The highest BCUT2D eigenvalue weighted by Crippen LogP contribution is 2.37. The van der Waals surface area contributed by atoms with Gasteiger partial charge in [-0.2, -0.15) is 22.0 Å². The first-order valence-corrected chi connectivity index (χ1v) is 5.02. The zero-order valence-corrected chi connectivity index (χ0v) is 9.80. The minimum absolute atomic E-state index is 0.139. The zero-order chi connectivity index (χ0) is 14.1. The summed E-state index contributed by atoms with van der Waals surface area (Å²) in [4.78, 5) is 10.8. The molecule has 1 N–H and O–H groups in total. The number of carbonyl (C=O) groups excluding carboxylic acids is 1. The second-order valence-electron chi connectivity index (χ2n) is 3.15. The predicted octanol–water partition coefficient (Wildman–Crippen LogP) is 4.13. The van der Waals surface area contributed by atoms with Gasteiger partial charge in [-0.25, -0.2) is 0 Å². The van der Waals surface area contributed by atoms with Crippen LogP contribution in [0.15, 0.2) is 18.2 Å². The molecule has 0 aliphatic heterocycles. The first-order valence-electron chi connectivity index (χ1n) is 4.27. The number of hydrogen-bond acceptors (Lipinski definition) is 1. The van der Waals surface area contributed by atoms with Crippen LogP contribution < -0.4 is 5.32 Å². The average molecular weight is 308 g/mol. The van der Waals surface area contributed by atoms with E-state index in [-0.39, 0.29) is 10.0 Å². The van der Waals surface area contributed by atoms with Crippen molar-refractivity contribution in [3.05, 3.63) is 28.2 Å². The Morgan fingerprint density at radius 3 is 2.11 bits per heavy atom. The van der Waals surface area contributed by atoms with Crippen LogP contribution in [0.5, 0.6) is 0 Å². The third-order valence-electron chi connectivity index (χ3n) is 1.82. The predicted molar refractivity (Wildman–Crippen MR) is 56.1 cm³/mol. The van der Waals surface area contributed by atoms with Gasteiger partial charge in [0.05, 0.1) is 10.7 Å². The van der Waals surface area contributed by atoms with Gasteiger partial charge in [-0.15, -0.1) is 0 Å². The fraction of sp³-hybridized carbons (Fsp3) is 0.222. The van der Waals surface area contributed by atoms with E-state index in [9.17, 15) is 26.7 Å². The van der Waals surface area contributed by atoms with E-state index in [2.05, 4.69) is 0 Å². The summed E-state index contributed by atoms with van der Waals surface area (Å²) in [5.74, 6) is -8.02. The molecule has 100 valence electrons. The topological polar surface area (TPSA) is 29.1 Å². The Morgan fingerprint density at radius 1 is 1.11 bits per heavy atom. The number of alkyl halides is 5. The molecule has 2 nitrogen and oxygen atoms in total. The molecule has 0 heterocycles. The highest BCUT2D eigenvalue weighted by Gasteiger charge is 2.63. The molecule has 0 aliphatic rings. The molecule has 1 rings (SSSR count). The number of carbonyl (C=O) groups is 1. The summed E-state index contributed by atoms with van der Waals surface area (Å²) in [7, 11) is 0. The molecule has 0 radical (unpaired) electrons. The molecule has 18 heavy (non-hydrogen) atoms. The fourth-order valence-electron chi connectivity index (χ4n) is 0.920. The van der Waals surface area contributed by atoms with E-state index in [1.54, 1.807) is 0 Å². The second-order valence-corrected chi connectivity index (χ2v) is 3.99. The lowest BCUT2D eigenvalue weighted by Crippen LogP contribution is -2.47. The molecule has 1 aromatic rings. The fourth-order valence-corrected chi connectivity index (χ4v) is 1.38. The molecule has 0 bridgehead atoms. The normalized spacial score (nSPS) is 12.4. The first-order chi connectivity index (χ1) is 8.05. The lowest BCUT2D eigenvalue weighted by atomic mass is 10.2. The van der Waals surface area contributed by atoms with E-state index < -0.39 is 23.7 Å². The smallest absolute Gasteiger partial charge is 0.319 e. The lowest BCUT2D eigenvalue weighted by Gasteiger charge is -2.19. The Hall–Kier alpha value is -1.08. The van der Waals surface area contributed by atoms with Gasteiger partial charge < -0.3 is 5.32 Å². The molecule has 1 amide bonds. The van der Waals surface area contributed by atoms with Crippen molar-refractivity contribution in [3.63, 3.8) is 0 Å². The van der Waals surface area contributed by atoms with Crippen LogP contribution in [0.3, 0.4) is 0 Å². The third-order valence-corrected chi connectivity index (χ3v) is 2.37. The first kappa shape index (κ1) is 15.0. The summed E-state index contributed by atoms with van der Waals surface area (Å²) in [5, 5.41) is 1.27. The second kappa shape index (κ2) is 4.89. The van der Waals surface area contributed by atoms with Crippen molar-refractivity contribution < 1.29 is 26.7 Å². The van der Waals surface area contributed by atoms with Crippen LogP contribution in [0.25, 0.3) is 0 Å². The van der Waals surface area contributed by atoms with Gasteiger partial charge in [-0.05, 0) is 18.2 Å². The van der Waals surface area contributed by atoms with Gasteiger partial charge in [0.25, 0.3) is 0 Å². The highest BCUT2D eigenvalue weighted by molar-refractivity contribution is 6.36. The Labute approximate surface area is 108 Å². The molecule has 9 heteroatoms. The summed E-state index contributed by atoms with van der Waals surface area (Å²) in [6.45, 7) is 0. The summed E-state index contributed by atoms with van der Waals surface area (Å²) in [6, 6.07) is 3.27. The Kier molecular flexibility index (Phi) is 4.07. The van der Waals surface area contributed by atoms with Crippen LogP contribution in [-0.4, -0.2) is 18.0 Å². The number of anilines is 1. The van der Waals surface area contributed by atoms with E-state index in [1.807, 2.05) is 0 Å². The van der Waals surface area contributed by atoms with Crippen molar-refractivity contribution in [1.82, 2.24) is 0 Å². The van der Waals surface area contributed by atoms with E-state index in [0.29, 0.717) is 0 Å². The molecular formula is C9H4Cl2F5NO. The van der Waals surface area contributed by atoms with Gasteiger partial charge >= 0.3 is 18.0 Å². The Balaban J connectivity index is 2.95. The van der Waals surface area contributed by atoms with Gasteiger partial charge in [-0.1, -0.05) is 23.2 Å². The minimum Gasteiger partial charge on any atom is -0.319 e. The summed E-state index contributed by atoms with van der Waals surface area (Å²) >= 11 is 11.0. The molecular weight excluding hydrogens is 304 g/mol. The largest absolute Gasteiger partial charge is 0.463 e. The quantitative estimate of drug-likeness (QED) is 0.818. The van der Waals surface area contributed by atoms with E-state index >= 15 is 0 Å². The summed E-state index contributed by atoms with van der Waals surface area (Å²) < 4.78 is 60.9. The summed E-state index contributed by atoms with van der Waals surface area (Å²) in [5.41, 5.74) is -0.394. The van der Waals surface area contributed by atoms with E-state index in [1.165, 1.54) is 11.4 Å². The molecule has 0 atom stereocenters. The minimum atomic E-state index is -5.98. The number of hydrogen-bond donors (Lipinski definition) is 1. The van der Waals surface area contributed by atoms with Crippen LogP contribution in [0.2, 0.25) is 10.0 Å². The standard InChI is InChI=1S/C9H4Cl2F5NO/c10-4-1-2-6(5(11)3-4)17-7(18)8(12,13)9(14,15)16/h1-3H,(H,17,18). The molecule has 0 fully saturated rings. The summed E-state index contributed by atoms with van der Waals surface area (Å²) in [6.07, 6.45) is -5.98. The Bertz CT molecular complexity index is 475. The zero-order valence-electron chi connectivity index (χ0n) is 8.29. The van der Waals surface area contributed by atoms with E-state index in [0.717, 1.165) is 12.1 Å². The van der Waals surface area contributed by atoms with Crippen LogP contribution in [0, 0.1) is 0 Å². The monoisotopic (exact) mass is 307 g/mol. The average Bonchev–Trinajstić information content (AvgIpc) is 2.20. The van der Waals surface area contributed by atoms with Gasteiger partial charge in [-0.3, -0.25) is 4.79 Å². The Morgan fingerprint density at radius 2 is 1.67 bits per heavy atom. The van der Waals surface area contributed by atoms with Gasteiger partial charge in [0, 0.05) is 5.02 Å². The lowest BCUT2D eigenvalue weighted by molar-refractivity contribution is -0.267. The number of benzene rings is 1. The van der Waals surface area contributed by atoms with Crippen LogP contribution in [0.1, 0.15) is 0 Å². The van der Waals surface area contributed by atoms with Crippen LogP contribution >= 0.6 is 23.2 Å². The molecule has 0 saturated carbocycles. The molecule has 0 aliphatic carbocycles. The maximum absolute atomic E-state index is 12.6. The van der Waals surface area contributed by atoms with Gasteiger partial charge in [0.1, 0.15) is 0 Å². The molecule has 1 aromatic carbocycles. The number of halogens is 7. The van der Waals surface area contributed by atoms with Crippen LogP contribution in [0.4, 0.5) is 27.6 Å². The van der Waals surface area contributed by atoms with Gasteiger partial charge in [0.15, 0.2) is 0 Å². The van der Waals surface area contributed by atoms with E-state index in [4.69, 9.17) is 23.2 Å².